The average molecular weight is 275 g/mol. The van der Waals surface area contributed by atoms with Crippen molar-refractivity contribution in [1.29, 1.82) is 0 Å². The van der Waals surface area contributed by atoms with Crippen LogP contribution in [-0.2, 0) is 16.0 Å². The molecule has 1 heterocycles. The summed E-state index contributed by atoms with van der Waals surface area (Å²) in [5.74, 6) is -0.951. The van der Waals surface area contributed by atoms with Gasteiger partial charge < -0.3 is 15.7 Å². The lowest BCUT2D eigenvalue weighted by atomic mass is 10.1. The van der Waals surface area contributed by atoms with Gasteiger partial charge in [0.2, 0.25) is 5.91 Å². The third-order valence-electron chi connectivity index (χ3n) is 3.54. The second-order valence-electron chi connectivity index (χ2n) is 4.96. The summed E-state index contributed by atoms with van der Waals surface area (Å²) < 4.78 is 0. The van der Waals surface area contributed by atoms with Gasteiger partial charge in [0.1, 0.15) is 12.1 Å². The zero-order valence-electron chi connectivity index (χ0n) is 11.2. The number of rotatable bonds is 5. The zero-order valence-corrected chi connectivity index (χ0v) is 11.2. The molecule has 0 aromatic heterocycles. The van der Waals surface area contributed by atoms with Crippen molar-refractivity contribution in [1.82, 2.24) is 4.90 Å². The number of carbonyl (C=O) groups is 2. The predicted molar refractivity (Wildman–Crippen MR) is 74.4 cm³/mol. The number of aliphatic hydroxyl groups excluding tert-OH is 1. The molecule has 1 fully saturated rings. The molecule has 0 saturated carbocycles. The molecule has 5 heteroatoms. The van der Waals surface area contributed by atoms with Crippen LogP contribution in [0.4, 0.5) is 0 Å². The first-order chi connectivity index (χ1) is 9.59. The van der Waals surface area contributed by atoms with E-state index >= 15 is 0 Å². The molecule has 1 aliphatic rings. The van der Waals surface area contributed by atoms with Gasteiger partial charge in [-0.3, -0.25) is 9.59 Å². The number of hydrogen-bond donors (Lipinski definition) is 2. The van der Waals surface area contributed by atoms with Crippen molar-refractivity contribution in [2.24, 2.45) is 5.73 Å². The van der Waals surface area contributed by atoms with E-state index in [1.165, 1.54) is 4.90 Å². The molecule has 5 nitrogen and oxygen atoms in total. The largest absolute Gasteiger partial charge is 0.383 e. The molecule has 107 valence electrons. The van der Waals surface area contributed by atoms with Gasteiger partial charge in [-0.1, -0.05) is 30.3 Å². The second kappa shape index (κ2) is 6.52. The minimum Gasteiger partial charge on any atom is -0.383 e. The first-order valence-corrected chi connectivity index (χ1v) is 6.74. The Morgan fingerprint density at radius 1 is 1.40 bits per heavy atom. The van der Waals surface area contributed by atoms with Crippen LogP contribution in [0.1, 0.15) is 18.4 Å². The minimum absolute atomic E-state index is 0.442. The topological polar surface area (TPSA) is 83.6 Å². The number of amides is 2. The Morgan fingerprint density at radius 2 is 2.10 bits per heavy atom. The van der Waals surface area contributed by atoms with Gasteiger partial charge in [0, 0.05) is 13.0 Å². The van der Waals surface area contributed by atoms with Gasteiger partial charge >= 0.3 is 0 Å². The van der Waals surface area contributed by atoms with Crippen LogP contribution in [0.5, 0.6) is 0 Å². The van der Waals surface area contributed by atoms with E-state index in [0.29, 0.717) is 19.4 Å². The predicted octanol–water partition coefficient (Wildman–Crippen LogP) is 0.271. The average Bonchev–Trinajstić information content (AvgIpc) is 2.94. The highest BCUT2D eigenvalue weighted by Gasteiger charge is 2.35. The Morgan fingerprint density at radius 3 is 2.75 bits per heavy atom. The molecule has 0 spiro atoms. The summed E-state index contributed by atoms with van der Waals surface area (Å²) in [5, 5.41) is 9.94. The number of nitrogens with zero attached hydrogens (tertiary/aromatic N) is 1. The quantitative estimate of drug-likeness (QED) is 0.809. The lowest BCUT2D eigenvalue weighted by Crippen LogP contribution is -2.47. The van der Waals surface area contributed by atoms with Crippen molar-refractivity contribution in [3.05, 3.63) is 42.3 Å². The molecule has 2 rings (SSSR count). The molecule has 0 aliphatic carbocycles. The van der Waals surface area contributed by atoms with Crippen LogP contribution in [0, 0.1) is 6.42 Å². The van der Waals surface area contributed by atoms with Gasteiger partial charge in [-0.2, -0.15) is 0 Å². The number of hydrogen-bond acceptors (Lipinski definition) is 3. The molecule has 1 unspecified atom stereocenters. The first kappa shape index (κ1) is 14.5. The Kier molecular flexibility index (Phi) is 4.74. The molecule has 1 radical (unpaired) electrons. The van der Waals surface area contributed by atoms with E-state index in [2.05, 4.69) is 0 Å². The summed E-state index contributed by atoms with van der Waals surface area (Å²) in [6, 6.07) is 8.99. The van der Waals surface area contributed by atoms with E-state index in [0.717, 1.165) is 12.0 Å². The van der Waals surface area contributed by atoms with Crippen LogP contribution >= 0.6 is 0 Å². The number of aliphatic hydroxyl groups is 1. The summed E-state index contributed by atoms with van der Waals surface area (Å²) in [7, 11) is 0. The van der Waals surface area contributed by atoms with Gasteiger partial charge in [0.25, 0.3) is 5.91 Å². The fourth-order valence-corrected chi connectivity index (χ4v) is 2.46. The van der Waals surface area contributed by atoms with E-state index in [4.69, 9.17) is 5.73 Å². The molecule has 1 saturated heterocycles. The number of carbonyl (C=O) groups excluding carboxylic acids is 2. The third-order valence-corrected chi connectivity index (χ3v) is 3.54. The van der Waals surface area contributed by atoms with Crippen LogP contribution in [0.15, 0.2) is 30.3 Å². The Balaban J connectivity index is 1.90. The molecule has 1 aromatic rings. The molecule has 2 amide bonds. The van der Waals surface area contributed by atoms with Crippen LogP contribution in [0.3, 0.4) is 0 Å². The molecule has 2 atom stereocenters. The van der Waals surface area contributed by atoms with Crippen molar-refractivity contribution in [3.8, 4) is 0 Å². The minimum atomic E-state index is -1.20. The highest BCUT2D eigenvalue weighted by atomic mass is 16.3. The summed E-state index contributed by atoms with van der Waals surface area (Å²) in [6.45, 7) is 0.475. The SMILES string of the molecule is NC(=O)C1CCCN1C(=O)[C@@H](O)[CH]Cc1ccccc1. The standard InChI is InChI=1S/C15H19N2O3/c16-14(19)12-7-4-10-17(12)15(20)13(18)9-8-11-5-2-1-3-6-11/h1-3,5-6,9,12-13,18H,4,7-8,10H2,(H2,16,19)/t12?,13-/m0/s1. The maximum Gasteiger partial charge on any atom is 0.252 e. The molecule has 0 bridgehead atoms. The number of benzene rings is 1. The van der Waals surface area contributed by atoms with E-state index in [1.807, 2.05) is 30.3 Å². The number of nitrogens with two attached hydrogens (primary N) is 1. The normalized spacial score (nSPS) is 19.9. The van der Waals surface area contributed by atoms with Crippen LogP contribution < -0.4 is 5.73 Å². The second-order valence-corrected chi connectivity index (χ2v) is 4.96. The highest BCUT2D eigenvalue weighted by Crippen LogP contribution is 2.19. The molecule has 20 heavy (non-hydrogen) atoms. The Bertz CT molecular complexity index is 475. The van der Waals surface area contributed by atoms with Crippen molar-refractivity contribution < 1.29 is 14.7 Å². The summed E-state index contributed by atoms with van der Waals surface area (Å²) in [5.41, 5.74) is 6.29. The Labute approximate surface area is 118 Å². The van der Waals surface area contributed by atoms with Gasteiger partial charge in [-0.15, -0.1) is 0 Å². The number of likely N-dealkylation sites (tertiary alicyclic amines) is 1. The molecule has 1 aromatic carbocycles. The molecular formula is C15H19N2O3. The maximum atomic E-state index is 12.1. The molecule has 1 aliphatic heterocycles. The van der Waals surface area contributed by atoms with Crippen LogP contribution in [-0.4, -0.2) is 40.5 Å². The fraction of sp³-hybridized carbons (Fsp3) is 0.400. The number of primary amides is 1. The van der Waals surface area contributed by atoms with E-state index in [9.17, 15) is 14.7 Å². The maximum absolute atomic E-state index is 12.1. The fourth-order valence-electron chi connectivity index (χ4n) is 2.46. The van der Waals surface area contributed by atoms with Crippen LogP contribution in [0.25, 0.3) is 0 Å². The monoisotopic (exact) mass is 275 g/mol. The van der Waals surface area contributed by atoms with E-state index in [1.54, 1.807) is 6.42 Å². The smallest absolute Gasteiger partial charge is 0.252 e. The van der Waals surface area contributed by atoms with Gasteiger partial charge in [-0.25, -0.2) is 0 Å². The van der Waals surface area contributed by atoms with Crippen molar-refractivity contribution in [3.63, 3.8) is 0 Å². The highest BCUT2D eigenvalue weighted by molar-refractivity contribution is 5.89. The first-order valence-electron chi connectivity index (χ1n) is 6.74. The summed E-state index contributed by atoms with van der Waals surface area (Å²) in [4.78, 5) is 24.8. The zero-order chi connectivity index (χ0) is 14.5. The Hall–Kier alpha value is -1.88. The van der Waals surface area contributed by atoms with Crippen molar-refractivity contribution in [2.45, 2.75) is 31.4 Å². The lowest BCUT2D eigenvalue weighted by Gasteiger charge is -2.24. The molecule has 3 N–H and O–H groups in total. The third kappa shape index (κ3) is 3.36. The van der Waals surface area contributed by atoms with Gasteiger partial charge in [0.15, 0.2) is 0 Å². The van der Waals surface area contributed by atoms with E-state index < -0.39 is 24.0 Å². The summed E-state index contributed by atoms with van der Waals surface area (Å²) >= 11 is 0. The van der Waals surface area contributed by atoms with Gasteiger partial charge in [0.05, 0.1) is 0 Å². The van der Waals surface area contributed by atoms with E-state index in [-0.39, 0.29) is 0 Å². The molecular weight excluding hydrogens is 256 g/mol. The van der Waals surface area contributed by atoms with Gasteiger partial charge in [-0.05, 0) is 24.8 Å². The van der Waals surface area contributed by atoms with Crippen molar-refractivity contribution >= 4 is 11.8 Å². The van der Waals surface area contributed by atoms with Crippen LogP contribution in [0.2, 0.25) is 0 Å². The lowest BCUT2D eigenvalue weighted by molar-refractivity contribution is -0.143. The van der Waals surface area contributed by atoms with Crippen molar-refractivity contribution in [2.75, 3.05) is 6.54 Å². The summed E-state index contributed by atoms with van der Waals surface area (Å²) in [6.07, 6.45) is 2.17.